The third-order valence-electron chi connectivity index (χ3n) is 6.27. The number of fused-ring (bicyclic) bond motifs is 6. The van der Waals surface area contributed by atoms with Gasteiger partial charge in [0.25, 0.3) is 0 Å². The molecule has 21 heavy (non-hydrogen) atoms. The summed E-state index contributed by atoms with van der Waals surface area (Å²) in [5.74, 6) is 1.08. The molecule has 1 saturated heterocycles. The predicted octanol–water partition coefficient (Wildman–Crippen LogP) is 2.71. The van der Waals surface area contributed by atoms with Crippen molar-refractivity contribution in [2.45, 2.75) is 38.5 Å². The Labute approximate surface area is 124 Å². The van der Waals surface area contributed by atoms with Gasteiger partial charge in [0.15, 0.2) is 0 Å². The van der Waals surface area contributed by atoms with Gasteiger partial charge in [0.05, 0.1) is 17.5 Å². The SMILES string of the molecule is O=C1[C@@H]2[C@H]3CC[C@@H](C3)[C@H]2C(=O)N1c1ccc2c(c1)CCC2. The lowest BCUT2D eigenvalue weighted by Gasteiger charge is -2.19. The first-order valence-corrected chi connectivity index (χ1v) is 8.23. The van der Waals surface area contributed by atoms with E-state index in [0.717, 1.165) is 37.8 Å². The van der Waals surface area contributed by atoms with E-state index in [-0.39, 0.29) is 23.7 Å². The molecule has 0 radical (unpaired) electrons. The minimum atomic E-state index is -0.00972. The average molecular weight is 281 g/mol. The van der Waals surface area contributed by atoms with Gasteiger partial charge in [-0.05, 0) is 73.6 Å². The van der Waals surface area contributed by atoms with Gasteiger partial charge in [-0.1, -0.05) is 6.07 Å². The molecule has 0 spiro atoms. The Hall–Kier alpha value is -1.64. The molecule has 3 aliphatic carbocycles. The maximum Gasteiger partial charge on any atom is 0.237 e. The number of hydrogen-bond acceptors (Lipinski definition) is 2. The van der Waals surface area contributed by atoms with E-state index in [4.69, 9.17) is 0 Å². The highest BCUT2D eigenvalue weighted by atomic mass is 16.2. The topological polar surface area (TPSA) is 37.4 Å². The van der Waals surface area contributed by atoms with Crippen LogP contribution in [0, 0.1) is 23.7 Å². The fraction of sp³-hybridized carbons (Fsp3) is 0.556. The minimum Gasteiger partial charge on any atom is -0.274 e. The van der Waals surface area contributed by atoms with E-state index in [0.29, 0.717) is 11.8 Å². The van der Waals surface area contributed by atoms with Crippen molar-refractivity contribution in [3.8, 4) is 0 Å². The Morgan fingerprint density at radius 1 is 0.905 bits per heavy atom. The molecule has 3 heteroatoms. The van der Waals surface area contributed by atoms with Crippen molar-refractivity contribution in [2.24, 2.45) is 23.7 Å². The van der Waals surface area contributed by atoms with E-state index in [1.807, 2.05) is 6.07 Å². The van der Waals surface area contributed by atoms with Crippen molar-refractivity contribution in [1.82, 2.24) is 0 Å². The van der Waals surface area contributed by atoms with Crippen LogP contribution in [0.1, 0.15) is 36.8 Å². The summed E-state index contributed by atoms with van der Waals surface area (Å²) in [7, 11) is 0. The molecule has 2 saturated carbocycles. The van der Waals surface area contributed by atoms with Gasteiger partial charge in [-0.2, -0.15) is 0 Å². The average Bonchev–Trinajstić information content (AvgIpc) is 3.22. The molecule has 4 atom stereocenters. The van der Waals surface area contributed by atoms with Gasteiger partial charge in [0.2, 0.25) is 11.8 Å². The smallest absolute Gasteiger partial charge is 0.237 e. The number of amides is 2. The summed E-state index contributed by atoms with van der Waals surface area (Å²) in [6, 6.07) is 6.17. The first kappa shape index (κ1) is 12.0. The standard InChI is InChI=1S/C18H19NO2/c20-17-15-12-4-5-13(8-12)16(15)18(21)19(17)14-7-6-10-2-1-3-11(10)9-14/h6-7,9,12-13,15-16H,1-5,8H2/t12-,13-,15+,16+/m0/s1. The van der Waals surface area contributed by atoms with E-state index < -0.39 is 0 Å². The Morgan fingerprint density at radius 3 is 2.29 bits per heavy atom. The second-order valence-electron chi connectivity index (χ2n) is 7.20. The molecule has 0 unspecified atom stereocenters. The van der Waals surface area contributed by atoms with Crippen molar-refractivity contribution < 1.29 is 9.59 Å². The fourth-order valence-corrected chi connectivity index (χ4v) is 5.36. The van der Waals surface area contributed by atoms with Crippen LogP contribution in [0.3, 0.4) is 0 Å². The molecule has 2 bridgehead atoms. The molecule has 1 heterocycles. The molecule has 5 rings (SSSR count). The molecule has 0 aromatic heterocycles. The number of carbonyl (C=O) groups is 2. The third kappa shape index (κ3) is 1.44. The van der Waals surface area contributed by atoms with Crippen LogP contribution < -0.4 is 4.90 Å². The molecular weight excluding hydrogens is 262 g/mol. The van der Waals surface area contributed by atoms with Crippen molar-refractivity contribution in [3.63, 3.8) is 0 Å². The van der Waals surface area contributed by atoms with Gasteiger partial charge in [-0.15, -0.1) is 0 Å². The molecule has 108 valence electrons. The summed E-state index contributed by atoms with van der Waals surface area (Å²) in [5.41, 5.74) is 3.53. The number of nitrogens with zero attached hydrogens (tertiary/aromatic N) is 1. The zero-order valence-electron chi connectivity index (χ0n) is 12.0. The van der Waals surface area contributed by atoms with Crippen molar-refractivity contribution >= 4 is 17.5 Å². The summed E-state index contributed by atoms with van der Waals surface area (Å²) in [5, 5.41) is 0. The van der Waals surface area contributed by atoms with Crippen LogP contribution in [0.15, 0.2) is 18.2 Å². The van der Waals surface area contributed by atoms with Gasteiger partial charge in [0.1, 0.15) is 0 Å². The largest absolute Gasteiger partial charge is 0.274 e. The van der Waals surface area contributed by atoms with Crippen LogP contribution in [0.25, 0.3) is 0 Å². The first-order chi connectivity index (χ1) is 10.2. The molecule has 1 aliphatic heterocycles. The Balaban J connectivity index is 1.55. The summed E-state index contributed by atoms with van der Waals surface area (Å²) >= 11 is 0. The molecular formula is C18H19NO2. The molecule has 0 N–H and O–H groups in total. The number of carbonyl (C=O) groups excluding carboxylic acids is 2. The third-order valence-corrected chi connectivity index (χ3v) is 6.27. The van der Waals surface area contributed by atoms with Crippen LogP contribution in [0.5, 0.6) is 0 Å². The second-order valence-corrected chi connectivity index (χ2v) is 7.20. The highest BCUT2D eigenvalue weighted by Gasteiger charge is 2.61. The van der Waals surface area contributed by atoms with Crippen molar-refractivity contribution in [1.29, 1.82) is 0 Å². The van der Waals surface area contributed by atoms with Crippen molar-refractivity contribution in [3.05, 3.63) is 29.3 Å². The van der Waals surface area contributed by atoms with Crippen LogP contribution in [-0.2, 0) is 22.4 Å². The lowest BCUT2D eigenvalue weighted by atomic mass is 9.81. The summed E-state index contributed by atoms with van der Waals surface area (Å²) < 4.78 is 0. The maximum absolute atomic E-state index is 12.8. The Morgan fingerprint density at radius 2 is 1.57 bits per heavy atom. The van der Waals surface area contributed by atoms with E-state index in [2.05, 4.69) is 12.1 Å². The number of aryl methyl sites for hydroxylation is 2. The van der Waals surface area contributed by atoms with Crippen LogP contribution in [-0.4, -0.2) is 11.8 Å². The van der Waals surface area contributed by atoms with Crippen LogP contribution in [0.4, 0.5) is 5.69 Å². The summed E-state index contributed by atoms with van der Waals surface area (Å²) in [4.78, 5) is 27.1. The first-order valence-electron chi connectivity index (χ1n) is 8.23. The molecule has 1 aromatic carbocycles. The van der Waals surface area contributed by atoms with Crippen LogP contribution >= 0.6 is 0 Å². The van der Waals surface area contributed by atoms with E-state index in [9.17, 15) is 9.59 Å². The van der Waals surface area contributed by atoms with Gasteiger partial charge < -0.3 is 0 Å². The van der Waals surface area contributed by atoms with E-state index >= 15 is 0 Å². The normalized spacial score (nSPS) is 36.5. The zero-order chi connectivity index (χ0) is 14.1. The summed E-state index contributed by atoms with van der Waals surface area (Å²) in [6.45, 7) is 0. The lowest BCUT2D eigenvalue weighted by molar-refractivity contribution is -0.123. The Kier molecular flexibility index (Phi) is 2.26. The second kappa shape index (κ2) is 3.96. The summed E-state index contributed by atoms with van der Waals surface area (Å²) in [6.07, 6.45) is 6.79. The molecule has 2 amide bonds. The minimum absolute atomic E-state index is 0.00972. The number of hydrogen-bond donors (Lipinski definition) is 0. The number of anilines is 1. The van der Waals surface area contributed by atoms with Gasteiger partial charge in [0, 0.05) is 0 Å². The predicted molar refractivity (Wildman–Crippen MR) is 78.8 cm³/mol. The maximum atomic E-state index is 12.8. The Bertz CT molecular complexity index is 637. The number of rotatable bonds is 1. The quantitative estimate of drug-likeness (QED) is 0.742. The zero-order valence-corrected chi connectivity index (χ0v) is 12.0. The van der Waals surface area contributed by atoms with Gasteiger partial charge in [-0.25, -0.2) is 0 Å². The highest BCUT2D eigenvalue weighted by molar-refractivity contribution is 6.22. The lowest BCUT2D eigenvalue weighted by Crippen LogP contribution is -2.32. The monoisotopic (exact) mass is 281 g/mol. The van der Waals surface area contributed by atoms with E-state index in [1.54, 1.807) is 0 Å². The van der Waals surface area contributed by atoms with Crippen molar-refractivity contribution in [2.75, 3.05) is 4.90 Å². The number of imide groups is 1. The van der Waals surface area contributed by atoms with Crippen LogP contribution in [0.2, 0.25) is 0 Å². The highest BCUT2D eigenvalue weighted by Crippen LogP contribution is 2.56. The molecule has 1 aromatic rings. The molecule has 3 fully saturated rings. The van der Waals surface area contributed by atoms with Gasteiger partial charge in [-0.3, -0.25) is 14.5 Å². The van der Waals surface area contributed by atoms with Gasteiger partial charge >= 0.3 is 0 Å². The molecule has 3 nitrogen and oxygen atoms in total. The number of benzene rings is 1. The molecule has 4 aliphatic rings. The van der Waals surface area contributed by atoms with E-state index in [1.165, 1.54) is 22.4 Å². The fourth-order valence-electron chi connectivity index (χ4n) is 5.36.